The van der Waals surface area contributed by atoms with Gasteiger partial charge < -0.3 is 5.11 Å². The van der Waals surface area contributed by atoms with E-state index in [2.05, 4.69) is 12.0 Å². The van der Waals surface area contributed by atoms with Crippen molar-refractivity contribution in [3.8, 4) is 18.4 Å². The molecular weight excluding hydrogens is 255 g/mol. The number of nitriles is 1. The molecule has 0 amide bonds. The van der Waals surface area contributed by atoms with Crippen LogP contribution in [-0.2, 0) is 0 Å². The van der Waals surface area contributed by atoms with Gasteiger partial charge in [0.1, 0.15) is 5.60 Å². The van der Waals surface area contributed by atoms with E-state index in [0.717, 1.165) is 0 Å². The van der Waals surface area contributed by atoms with E-state index in [1.54, 1.807) is 0 Å². The first-order chi connectivity index (χ1) is 8.79. The Morgan fingerprint density at radius 2 is 1.95 bits per heavy atom. The Hall–Kier alpha value is -1.20. The Kier molecular flexibility index (Phi) is 5.26. The molecule has 1 unspecified atom stereocenters. The third-order valence-corrected chi connectivity index (χ3v) is 3.84. The lowest BCUT2D eigenvalue weighted by molar-refractivity contribution is -0.136. The van der Waals surface area contributed by atoms with Gasteiger partial charge in [0.05, 0.1) is 6.07 Å². The van der Waals surface area contributed by atoms with Crippen LogP contribution in [0.2, 0.25) is 0 Å². The molecule has 5 heteroatoms. The summed E-state index contributed by atoms with van der Waals surface area (Å²) in [5.74, 6) is 2.02. The van der Waals surface area contributed by atoms with Crippen molar-refractivity contribution in [2.24, 2.45) is 11.8 Å². The first kappa shape index (κ1) is 15.9. The Balaban J connectivity index is 2.42. The van der Waals surface area contributed by atoms with Gasteiger partial charge in [-0.15, -0.1) is 6.42 Å². The van der Waals surface area contributed by atoms with Crippen LogP contribution in [-0.4, -0.2) is 16.9 Å². The summed E-state index contributed by atoms with van der Waals surface area (Å²) in [5, 5.41) is 18.9. The number of hydrogen-bond acceptors (Lipinski definition) is 2. The van der Waals surface area contributed by atoms with Crippen LogP contribution in [0.3, 0.4) is 0 Å². The fourth-order valence-electron chi connectivity index (χ4n) is 2.59. The molecule has 0 radical (unpaired) electrons. The molecule has 1 saturated carbocycles. The quantitative estimate of drug-likeness (QED) is 0.798. The molecule has 1 atom stereocenters. The van der Waals surface area contributed by atoms with Crippen LogP contribution in [0.25, 0.3) is 0 Å². The molecular formula is C14H18F3NO. The van der Waals surface area contributed by atoms with Gasteiger partial charge in [-0.3, -0.25) is 0 Å². The highest BCUT2D eigenvalue weighted by molar-refractivity contribution is 5.09. The van der Waals surface area contributed by atoms with Gasteiger partial charge in [0.25, 0.3) is 0 Å². The van der Waals surface area contributed by atoms with E-state index in [9.17, 15) is 18.3 Å². The molecule has 0 spiro atoms. The van der Waals surface area contributed by atoms with Gasteiger partial charge >= 0.3 is 6.18 Å². The average molecular weight is 273 g/mol. The lowest BCUT2D eigenvalue weighted by atomic mass is 9.73. The zero-order valence-corrected chi connectivity index (χ0v) is 10.7. The van der Waals surface area contributed by atoms with E-state index in [4.69, 9.17) is 11.7 Å². The van der Waals surface area contributed by atoms with Gasteiger partial charge in [-0.1, -0.05) is 5.92 Å². The molecule has 1 N–H and O–H groups in total. The van der Waals surface area contributed by atoms with Crippen molar-refractivity contribution in [2.75, 3.05) is 0 Å². The third-order valence-electron chi connectivity index (χ3n) is 3.84. The fraction of sp³-hybridized carbons (Fsp3) is 0.786. The van der Waals surface area contributed by atoms with Crippen molar-refractivity contribution >= 4 is 0 Å². The molecule has 0 aliphatic heterocycles. The summed E-state index contributed by atoms with van der Waals surface area (Å²) in [5.41, 5.74) is -1.09. The Morgan fingerprint density at radius 3 is 2.37 bits per heavy atom. The Labute approximate surface area is 111 Å². The Bertz CT molecular complexity index is 370. The number of alkyl halides is 3. The standard InChI is InChI=1S/C14H18F3NO/c1-2-13(19)8-5-11(6-9-13)12(10-18)4-3-7-14(15,16)17/h1,11-12,19H,3-9H2. The first-order valence-corrected chi connectivity index (χ1v) is 6.46. The molecule has 19 heavy (non-hydrogen) atoms. The van der Waals surface area contributed by atoms with Gasteiger partial charge in [-0.25, -0.2) is 0 Å². The Morgan fingerprint density at radius 1 is 1.37 bits per heavy atom. The minimum absolute atomic E-state index is 0.0162. The summed E-state index contributed by atoms with van der Waals surface area (Å²) in [6, 6.07) is 2.10. The van der Waals surface area contributed by atoms with Crippen molar-refractivity contribution in [1.29, 1.82) is 5.26 Å². The second-order valence-corrected chi connectivity index (χ2v) is 5.26. The highest BCUT2D eigenvalue weighted by atomic mass is 19.4. The maximum atomic E-state index is 12.1. The molecule has 106 valence electrons. The predicted molar refractivity (Wildman–Crippen MR) is 64.7 cm³/mol. The SMILES string of the molecule is C#CC1(O)CCC(C(C#N)CCCC(F)(F)F)CC1. The summed E-state index contributed by atoms with van der Waals surface area (Å²) < 4.78 is 36.2. The number of rotatable bonds is 4. The molecule has 1 rings (SSSR count). The second-order valence-electron chi connectivity index (χ2n) is 5.26. The van der Waals surface area contributed by atoms with Gasteiger partial charge in [0, 0.05) is 12.3 Å². The van der Waals surface area contributed by atoms with E-state index in [1.807, 2.05) is 0 Å². The molecule has 0 aromatic rings. The second kappa shape index (κ2) is 6.30. The highest BCUT2D eigenvalue weighted by Crippen LogP contribution is 2.37. The van der Waals surface area contributed by atoms with E-state index >= 15 is 0 Å². The summed E-state index contributed by atoms with van der Waals surface area (Å²) >= 11 is 0. The minimum atomic E-state index is -4.16. The van der Waals surface area contributed by atoms with Gasteiger partial charge in [0.2, 0.25) is 0 Å². The molecule has 0 bridgehead atoms. The average Bonchev–Trinajstić information content (AvgIpc) is 2.35. The summed E-state index contributed by atoms with van der Waals surface area (Å²) in [4.78, 5) is 0. The molecule has 0 heterocycles. The maximum Gasteiger partial charge on any atom is 0.389 e. The summed E-state index contributed by atoms with van der Waals surface area (Å²) in [6.45, 7) is 0. The van der Waals surface area contributed by atoms with Crippen LogP contribution in [0.5, 0.6) is 0 Å². The molecule has 0 aromatic carbocycles. The third kappa shape index (κ3) is 5.12. The number of hydrogen-bond donors (Lipinski definition) is 1. The number of nitrogens with zero attached hydrogens (tertiary/aromatic N) is 1. The maximum absolute atomic E-state index is 12.1. The largest absolute Gasteiger partial charge is 0.389 e. The van der Waals surface area contributed by atoms with Crippen LogP contribution < -0.4 is 0 Å². The van der Waals surface area contributed by atoms with Crippen LogP contribution in [0.1, 0.15) is 44.9 Å². The van der Waals surface area contributed by atoms with Gasteiger partial charge in [-0.05, 0) is 44.4 Å². The van der Waals surface area contributed by atoms with Crippen molar-refractivity contribution in [3.63, 3.8) is 0 Å². The fourth-order valence-corrected chi connectivity index (χ4v) is 2.59. The van der Waals surface area contributed by atoms with E-state index in [1.165, 1.54) is 0 Å². The zero-order valence-electron chi connectivity index (χ0n) is 10.7. The van der Waals surface area contributed by atoms with Crippen molar-refractivity contribution in [1.82, 2.24) is 0 Å². The molecule has 2 nitrogen and oxygen atoms in total. The van der Waals surface area contributed by atoms with Crippen LogP contribution in [0, 0.1) is 35.5 Å². The van der Waals surface area contributed by atoms with Crippen LogP contribution in [0.4, 0.5) is 13.2 Å². The van der Waals surface area contributed by atoms with Gasteiger partial charge in [-0.2, -0.15) is 18.4 Å². The minimum Gasteiger partial charge on any atom is -0.378 e. The van der Waals surface area contributed by atoms with Crippen molar-refractivity contribution < 1.29 is 18.3 Å². The molecule has 1 aliphatic carbocycles. The highest BCUT2D eigenvalue weighted by Gasteiger charge is 2.35. The molecule has 0 saturated heterocycles. The lowest BCUT2D eigenvalue weighted by Crippen LogP contribution is -2.34. The number of halogens is 3. The molecule has 0 aromatic heterocycles. The van der Waals surface area contributed by atoms with Gasteiger partial charge in [0.15, 0.2) is 0 Å². The monoisotopic (exact) mass is 273 g/mol. The first-order valence-electron chi connectivity index (χ1n) is 6.46. The summed E-state index contributed by atoms with van der Waals surface area (Å²) in [7, 11) is 0. The van der Waals surface area contributed by atoms with E-state index in [-0.39, 0.29) is 24.7 Å². The van der Waals surface area contributed by atoms with Crippen molar-refractivity contribution in [3.05, 3.63) is 0 Å². The van der Waals surface area contributed by atoms with Crippen molar-refractivity contribution in [2.45, 2.75) is 56.7 Å². The number of aliphatic hydroxyl groups is 1. The number of terminal acetylenes is 1. The van der Waals surface area contributed by atoms with E-state index < -0.39 is 18.2 Å². The predicted octanol–water partition coefficient (Wildman–Crippen LogP) is 3.41. The summed E-state index contributed by atoms with van der Waals surface area (Å²) in [6.07, 6.45) is 2.52. The topological polar surface area (TPSA) is 44.0 Å². The van der Waals surface area contributed by atoms with E-state index in [0.29, 0.717) is 25.7 Å². The lowest BCUT2D eigenvalue weighted by Gasteiger charge is -2.34. The van der Waals surface area contributed by atoms with Crippen LogP contribution >= 0.6 is 0 Å². The zero-order chi connectivity index (χ0) is 14.5. The normalized spacial score (nSPS) is 29.3. The molecule has 1 fully saturated rings. The molecule has 1 aliphatic rings. The van der Waals surface area contributed by atoms with Crippen LogP contribution in [0.15, 0.2) is 0 Å². The smallest absolute Gasteiger partial charge is 0.378 e.